The van der Waals surface area contributed by atoms with E-state index < -0.39 is 0 Å². The van der Waals surface area contributed by atoms with E-state index in [1.165, 1.54) is 11.8 Å². The zero-order chi connectivity index (χ0) is 22.7. The van der Waals surface area contributed by atoms with Crippen LogP contribution in [-0.2, 0) is 11.2 Å². The highest BCUT2D eigenvalue weighted by atomic mass is 32.2. The summed E-state index contributed by atoms with van der Waals surface area (Å²) in [6, 6.07) is 11.5. The molecular weight excluding hydrogens is 444 g/mol. The minimum Gasteiger partial charge on any atom is -0.497 e. The van der Waals surface area contributed by atoms with Crippen LogP contribution >= 0.6 is 23.1 Å². The summed E-state index contributed by atoms with van der Waals surface area (Å²) >= 11 is 2.83. The maximum atomic E-state index is 13.2. The molecule has 4 rings (SSSR count). The van der Waals surface area contributed by atoms with Crippen molar-refractivity contribution in [2.75, 3.05) is 12.9 Å². The molecule has 0 spiro atoms. The first kappa shape index (κ1) is 22.3. The molecule has 1 aliphatic heterocycles. The number of hydrazone groups is 1. The summed E-state index contributed by atoms with van der Waals surface area (Å²) in [6.07, 6.45) is 1.26. The highest BCUT2D eigenvalue weighted by Gasteiger charge is 2.33. The Bertz CT molecular complexity index is 1190. The van der Waals surface area contributed by atoms with E-state index in [1.54, 1.807) is 23.5 Å². The van der Waals surface area contributed by atoms with Crippen LogP contribution in [-0.4, -0.2) is 39.5 Å². The predicted molar refractivity (Wildman–Crippen MR) is 128 cm³/mol. The first-order valence-corrected chi connectivity index (χ1v) is 12.2. The summed E-state index contributed by atoms with van der Waals surface area (Å²) in [5.41, 5.74) is 3.11. The first-order chi connectivity index (χ1) is 15.5. The van der Waals surface area contributed by atoms with Gasteiger partial charge in [0.1, 0.15) is 5.75 Å². The van der Waals surface area contributed by atoms with Crippen LogP contribution in [0.2, 0.25) is 0 Å². The fraction of sp³-hybridized carbons (Fsp3) is 0.304. The fourth-order valence-electron chi connectivity index (χ4n) is 3.68. The second-order valence-corrected chi connectivity index (χ2v) is 9.24. The zero-order valence-electron chi connectivity index (χ0n) is 18.1. The molecule has 32 heavy (non-hydrogen) atoms. The molecule has 3 aromatic rings. The average Bonchev–Trinajstić information content (AvgIpc) is 3.47. The Labute approximate surface area is 194 Å². The van der Waals surface area contributed by atoms with Gasteiger partial charge in [-0.05, 0) is 42.5 Å². The van der Waals surface area contributed by atoms with Crippen molar-refractivity contribution in [2.45, 2.75) is 37.9 Å². The molecule has 1 amide bonds. The molecule has 1 aromatic carbocycles. The van der Waals surface area contributed by atoms with Crippen molar-refractivity contribution >= 4 is 34.7 Å². The number of hydrogen-bond acceptors (Lipinski definition) is 7. The van der Waals surface area contributed by atoms with Crippen LogP contribution in [0.1, 0.15) is 41.1 Å². The van der Waals surface area contributed by atoms with Gasteiger partial charge in [-0.1, -0.05) is 36.9 Å². The average molecular weight is 469 g/mol. The number of rotatable bonds is 7. The van der Waals surface area contributed by atoms with E-state index >= 15 is 0 Å². The van der Waals surface area contributed by atoms with Crippen molar-refractivity contribution in [3.63, 3.8) is 0 Å². The van der Waals surface area contributed by atoms with E-state index in [-0.39, 0.29) is 23.3 Å². The van der Waals surface area contributed by atoms with Crippen molar-refractivity contribution in [1.82, 2.24) is 15.0 Å². The lowest BCUT2D eigenvalue weighted by Crippen LogP contribution is -2.28. The van der Waals surface area contributed by atoms with Crippen LogP contribution in [0.4, 0.5) is 0 Å². The van der Waals surface area contributed by atoms with E-state index in [2.05, 4.69) is 15.1 Å². The van der Waals surface area contributed by atoms with Gasteiger partial charge >= 0.3 is 0 Å². The first-order valence-electron chi connectivity index (χ1n) is 10.3. The predicted octanol–water partition coefficient (Wildman–Crippen LogP) is 4.18. The smallest absolute Gasteiger partial charge is 0.254 e. The maximum Gasteiger partial charge on any atom is 0.254 e. The number of thioether (sulfide) groups is 1. The van der Waals surface area contributed by atoms with E-state index in [1.807, 2.05) is 55.6 Å². The zero-order valence-corrected chi connectivity index (χ0v) is 19.8. The molecule has 166 valence electrons. The molecule has 1 aliphatic rings. The van der Waals surface area contributed by atoms with Crippen LogP contribution in [0.3, 0.4) is 0 Å². The van der Waals surface area contributed by atoms with Gasteiger partial charge in [-0.15, -0.1) is 11.3 Å². The SMILES string of the molecule is CCc1c(C)nc(SCC(=O)N2N=C(c3cccs3)CC2c2ccc(OC)cc2)[nH]c1=O. The van der Waals surface area contributed by atoms with E-state index in [9.17, 15) is 9.59 Å². The lowest BCUT2D eigenvalue weighted by molar-refractivity contribution is -0.130. The molecule has 3 heterocycles. The van der Waals surface area contributed by atoms with Crippen molar-refractivity contribution < 1.29 is 9.53 Å². The van der Waals surface area contributed by atoms with Gasteiger partial charge in [0.05, 0.1) is 29.5 Å². The number of methoxy groups -OCH3 is 1. The normalized spacial score (nSPS) is 15.7. The van der Waals surface area contributed by atoms with Crippen LogP contribution in [0.25, 0.3) is 0 Å². The number of carbonyl (C=O) groups excluding carboxylic acids is 1. The number of H-pyrrole nitrogens is 1. The van der Waals surface area contributed by atoms with Crippen LogP contribution < -0.4 is 10.3 Å². The number of carbonyl (C=O) groups is 1. The Morgan fingerprint density at radius 1 is 1.31 bits per heavy atom. The molecule has 2 aromatic heterocycles. The third-order valence-electron chi connectivity index (χ3n) is 5.36. The summed E-state index contributed by atoms with van der Waals surface area (Å²) in [5.74, 6) is 0.754. The monoisotopic (exact) mass is 468 g/mol. The van der Waals surface area contributed by atoms with Gasteiger partial charge in [0.15, 0.2) is 5.16 Å². The van der Waals surface area contributed by atoms with Gasteiger partial charge in [-0.2, -0.15) is 5.10 Å². The summed E-state index contributed by atoms with van der Waals surface area (Å²) in [7, 11) is 1.63. The van der Waals surface area contributed by atoms with Gasteiger partial charge in [0.25, 0.3) is 11.5 Å². The molecule has 0 aliphatic carbocycles. The van der Waals surface area contributed by atoms with Crippen LogP contribution in [0.5, 0.6) is 5.75 Å². The Kier molecular flexibility index (Phi) is 6.76. The molecule has 0 saturated heterocycles. The van der Waals surface area contributed by atoms with Crippen LogP contribution in [0, 0.1) is 6.92 Å². The molecule has 1 unspecified atom stereocenters. The Morgan fingerprint density at radius 2 is 2.09 bits per heavy atom. The topological polar surface area (TPSA) is 87.7 Å². The maximum absolute atomic E-state index is 13.2. The van der Waals surface area contributed by atoms with Gasteiger partial charge in [-0.25, -0.2) is 9.99 Å². The second kappa shape index (κ2) is 9.70. The highest BCUT2D eigenvalue weighted by Crippen LogP contribution is 2.35. The Morgan fingerprint density at radius 3 is 2.72 bits per heavy atom. The van der Waals surface area contributed by atoms with E-state index in [0.717, 1.165) is 21.9 Å². The van der Waals surface area contributed by atoms with Gasteiger partial charge in [-0.3, -0.25) is 9.59 Å². The van der Waals surface area contributed by atoms with Gasteiger partial charge in [0, 0.05) is 17.7 Å². The minimum absolute atomic E-state index is 0.127. The van der Waals surface area contributed by atoms with Crippen LogP contribution in [0.15, 0.2) is 56.8 Å². The molecular formula is C23H24N4O3S2. The summed E-state index contributed by atoms with van der Waals surface area (Å²) in [6.45, 7) is 3.74. The molecule has 9 heteroatoms. The molecule has 1 atom stereocenters. The number of benzene rings is 1. The number of amides is 1. The van der Waals surface area contributed by atoms with Gasteiger partial charge < -0.3 is 9.72 Å². The summed E-state index contributed by atoms with van der Waals surface area (Å²) in [5, 5.41) is 8.69. The highest BCUT2D eigenvalue weighted by molar-refractivity contribution is 7.99. The number of nitrogens with one attached hydrogen (secondary N) is 1. The molecule has 7 nitrogen and oxygen atoms in total. The van der Waals surface area contributed by atoms with Crippen molar-refractivity contribution in [3.8, 4) is 5.75 Å². The lowest BCUT2D eigenvalue weighted by Gasteiger charge is -2.22. The lowest BCUT2D eigenvalue weighted by atomic mass is 10.0. The Balaban J connectivity index is 1.55. The van der Waals surface area contributed by atoms with Gasteiger partial charge in [0.2, 0.25) is 0 Å². The number of aryl methyl sites for hydroxylation is 1. The largest absolute Gasteiger partial charge is 0.497 e. The van der Waals surface area contributed by atoms with Crippen molar-refractivity contribution in [3.05, 3.63) is 73.8 Å². The molecule has 0 radical (unpaired) electrons. The number of thiophene rings is 1. The number of aromatic nitrogens is 2. The number of aromatic amines is 1. The van der Waals surface area contributed by atoms with Crippen molar-refractivity contribution in [1.29, 1.82) is 0 Å². The fourth-order valence-corrected chi connectivity index (χ4v) is 5.16. The molecule has 0 fully saturated rings. The molecule has 1 N–H and O–H groups in total. The standard InChI is InChI=1S/C23H24N4O3S2/c1-4-17-14(2)24-23(25-22(17)29)32-13-21(28)27-19(15-7-9-16(30-3)10-8-15)12-18(26-27)20-6-5-11-31-20/h5-11,19H,4,12-13H2,1-3H3,(H,24,25,29). The quantitative estimate of drug-likeness (QED) is 0.415. The molecule has 0 bridgehead atoms. The third-order valence-corrected chi connectivity index (χ3v) is 7.14. The number of nitrogens with zero attached hydrogens (tertiary/aromatic N) is 3. The van der Waals surface area contributed by atoms with Crippen molar-refractivity contribution in [2.24, 2.45) is 5.10 Å². The second-order valence-electron chi connectivity index (χ2n) is 7.33. The summed E-state index contributed by atoms with van der Waals surface area (Å²) in [4.78, 5) is 33.7. The number of ether oxygens (including phenoxy) is 1. The third kappa shape index (κ3) is 4.63. The minimum atomic E-state index is -0.192. The molecule has 0 saturated carbocycles. The number of hydrogen-bond donors (Lipinski definition) is 1. The Hall–Kier alpha value is -2.91. The van der Waals surface area contributed by atoms with E-state index in [4.69, 9.17) is 4.74 Å². The van der Waals surface area contributed by atoms with E-state index in [0.29, 0.717) is 29.3 Å². The summed E-state index contributed by atoms with van der Waals surface area (Å²) < 4.78 is 5.26.